The number of nitrogens with zero attached hydrogens (tertiary/aromatic N) is 2. The van der Waals surface area contributed by atoms with Gasteiger partial charge in [-0.25, -0.2) is 4.39 Å². The Morgan fingerprint density at radius 1 is 1.25 bits per heavy atom. The van der Waals surface area contributed by atoms with Crippen molar-refractivity contribution in [1.29, 1.82) is 0 Å². The third kappa shape index (κ3) is 2.83. The van der Waals surface area contributed by atoms with E-state index in [1.807, 2.05) is 27.0 Å². The fourth-order valence-corrected chi connectivity index (χ4v) is 2.68. The Hall–Kier alpha value is -1.46. The van der Waals surface area contributed by atoms with Crippen LogP contribution in [0.15, 0.2) is 18.2 Å². The van der Waals surface area contributed by atoms with Gasteiger partial charge in [0.1, 0.15) is 5.82 Å². The molecule has 1 amide bonds. The molecule has 110 valence electrons. The molecule has 2 rings (SSSR count). The van der Waals surface area contributed by atoms with Crippen LogP contribution in [0.4, 0.5) is 4.39 Å². The zero-order valence-electron chi connectivity index (χ0n) is 12.3. The summed E-state index contributed by atoms with van der Waals surface area (Å²) < 4.78 is 13.6. The summed E-state index contributed by atoms with van der Waals surface area (Å²) in [7, 11) is 1.82. The van der Waals surface area contributed by atoms with Crippen LogP contribution in [-0.4, -0.2) is 41.4 Å². The smallest absolute Gasteiger partial charge is 0.242 e. The number of nitrogens with two attached hydrogens (primary N) is 1. The normalized spacial score (nSPS) is 19.4. The van der Waals surface area contributed by atoms with Gasteiger partial charge in [-0.1, -0.05) is 6.07 Å². The molecule has 0 aliphatic carbocycles. The van der Waals surface area contributed by atoms with Gasteiger partial charge in [0.05, 0.1) is 5.54 Å². The fourth-order valence-electron chi connectivity index (χ4n) is 2.68. The Morgan fingerprint density at radius 3 is 2.55 bits per heavy atom. The molecule has 0 unspecified atom stereocenters. The Balaban J connectivity index is 2.21. The Kier molecular flexibility index (Phi) is 4.11. The van der Waals surface area contributed by atoms with E-state index in [1.54, 1.807) is 4.90 Å². The monoisotopic (exact) mass is 279 g/mol. The van der Waals surface area contributed by atoms with Crippen LogP contribution in [-0.2, 0) is 17.9 Å². The van der Waals surface area contributed by atoms with Crippen molar-refractivity contribution in [2.24, 2.45) is 5.73 Å². The molecule has 0 radical (unpaired) electrons. The number of piperazine rings is 1. The molecule has 1 aromatic carbocycles. The van der Waals surface area contributed by atoms with Crippen molar-refractivity contribution >= 4 is 5.91 Å². The number of hydrogen-bond acceptors (Lipinski definition) is 3. The molecular weight excluding hydrogens is 257 g/mol. The number of amides is 1. The van der Waals surface area contributed by atoms with Gasteiger partial charge in [-0.3, -0.25) is 9.69 Å². The van der Waals surface area contributed by atoms with Crippen molar-refractivity contribution in [1.82, 2.24) is 9.80 Å². The quantitative estimate of drug-likeness (QED) is 0.908. The molecule has 0 bridgehead atoms. The number of hydrogen-bond donors (Lipinski definition) is 1. The molecule has 5 heteroatoms. The van der Waals surface area contributed by atoms with Crippen LogP contribution >= 0.6 is 0 Å². The lowest BCUT2D eigenvalue weighted by Crippen LogP contribution is -2.61. The van der Waals surface area contributed by atoms with Gasteiger partial charge >= 0.3 is 0 Å². The van der Waals surface area contributed by atoms with E-state index in [0.29, 0.717) is 19.6 Å². The maximum Gasteiger partial charge on any atom is 0.242 e. The third-order valence-corrected chi connectivity index (χ3v) is 3.99. The second-order valence-corrected chi connectivity index (χ2v) is 5.88. The first-order valence-corrected chi connectivity index (χ1v) is 6.83. The van der Waals surface area contributed by atoms with E-state index in [4.69, 9.17) is 5.73 Å². The van der Waals surface area contributed by atoms with Crippen LogP contribution in [0.25, 0.3) is 0 Å². The number of carbonyl (C=O) groups excluding carboxylic acids is 1. The van der Waals surface area contributed by atoms with Gasteiger partial charge < -0.3 is 10.6 Å². The topological polar surface area (TPSA) is 49.6 Å². The summed E-state index contributed by atoms with van der Waals surface area (Å²) in [6, 6.07) is 4.86. The third-order valence-electron chi connectivity index (χ3n) is 3.99. The molecule has 1 fully saturated rings. The van der Waals surface area contributed by atoms with Crippen molar-refractivity contribution in [3.05, 3.63) is 35.1 Å². The summed E-state index contributed by atoms with van der Waals surface area (Å²) in [5.74, 6) is -0.180. The largest absolute Gasteiger partial charge is 0.343 e. The van der Waals surface area contributed by atoms with Crippen LogP contribution < -0.4 is 5.73 Å². The highest BCUT2D eigenvalue weighted by Gasteiger charge is 2.40. The summed E-state index contributed by atoms with van der Waals surface area (Å²) in [4.78, 5) is 16.1. The molecule has 0 saturated carbocycles. The molecule has 1 aromatic rings. The van der Waals surface area contributed by atoms with Crippen molar-refractivity contribution < 1.29 is 9.18 Å². The molecule has 0 spiro atoms. The molecule has 1 aliphatic heterocycles. The standard InChI is InChI=1S/C15H22FN3O/c1-15(2)14(20)18(3)4-5-19(15)10-12-6-11(9-17)7-13(16)8-12/h6-8H,4-5,9-10,17H2,1-3H3. The number of likely N-dealkylation sites (N-methyl/N-ethyl adjacent to an activating group) is 1. The van der Waals surface area contributed by atoms with Crippen molar-refractivity contribution in [2.45, 2.75) is 32.5 Å². The number of rotatable bonds is 3. The van der Waals surface area contributed by atoms with Gasteiger partial charge in [-0.2, -0.15) is 0 Å². The zero-order chi connectivity index (χ0) is 14.9. The lowest BCUT2D eigenvalue weighted by atomic mass is 9.96. The minimum atomic E-state index is -0.567. The van der Waals surface area contributed by atoms with Crippen LogP contribution in [0.1, 0.15) is 25.0 Å². The molecule has 2 N–H and O–H groups in total. The Labute approximate surface area is 119 Å². The van der Waals surface area contributed by atoms with E-state index < -0.39 is 5.54 Å². The second kappa shape index (κ2) is 5.50. The Morgan fingerprint density at radius 2 is 1.90 bits per heavy atom. The first-order chi connectivity index (χ1) is 9.34. The average Bonchev–Trinajstić information content (AvgIpc) is 2.39. The van der Waals surface area contributed by atoms with E-state index in [2.05, 4.69) is 4.90 Å². The van der Waals surface area contributed by atoms with Crippen LogP contribution in [0.5, 0.6) is 0 Å². The predicted octanol–water partition coefficient (Wildman–Crippen LogP) is 1.34. The van der Waals surface area contributed by atoms with Gasteiger partial charge in [0.15, 0.2) is 0 Å². The van der Waals surface area contributed by atoms with Crippen molar-refractivity contribution in [3.8, 4) is 0 Å². The van der Waals surface area contributed by atoms with E-state index in [0.717, 1.165) is 17.7 Å². The molecular formula is C15H22FN3O. The highest BCUT2D eigenvalue weighted by molar-refractivity contribution is 5.86. The first kappa shape index (κ1) is 14.9. The van der Waals surface area contributed by atoms with Crippen LogP contribution in [0.2, 0.25) is 0 Å². The lowest BCUT2D eigenvalue weighted by molar-refractivity contribution is -0.147. The Bertz CT molecular complexity index is 516. The summed E-state index contributed by atoms with van der Waals surface area (Å²) in [5, 5.41) is 0. The van der Waals surface area contributed by atoms with E-state index >= 15 is 0 Å². The maximum absolute atomic E-state index is 13.6. The molecule has 1 saturated heterocycles. The van der Waals surface area contributed by atoms with Crippen LogP contribution in [0, 0.1) is 5.82 Å². The van der Waals surface area contributed by atoms with Crippen molar-refractivity contribution in [2.75, 3.05) is 20.1 Å². The second-order valence-electron chi connectivity index (χ2n) is 5.88. The minimum Gasteiger partial charge on any atom is -0.343 e. The van der Waals surface area contributed by atoms with Gasteiger partial charge in [0.2, 0.25) is 5.91 Å². The minimum absolute atomic E-state index is 0.0965. The summed E-state index contributed by atoms with van der Waals surface area (Å²) in [6.07, 6.45) is 0. The predicted molar refractivity (Wildman–Crippen MR) is 76.4 cm³/mol. The molecule has 1 aliphatic rings. The number of carbonyl (C=O) groups is 1. The number of halogens is 1. The molecule has 0 aromatic heterocycles. The number of benzene rings is 1. The highest BCUT2D eigenvalue weighted by Crippen LogP contribution is 2.24. The molecule has 1 heterocycles. The lowest BCUT2D eigenvalue weighted by Gasteiger charge is -2.44. The maximum atomic E-state index is 13.6. The van der Waals surface area contributed by atoms with Crippen molar-refractivity contribution in [3.63, 3.8) is 0 Å². The summed E-state index contributed by atoms with van der Waals surface area (Å²) >= 11 is 0. The fraction of sp³-hybridized carbons (Fsp3) is 0.533. The average molecular weight is 279 g/mol. The van der Waals surface area contributed by atoms with Gasteiger partial charge in [-0.05, 0) is 37.1 Å². The SMILES string of the molecule is CN1CCN(Cc2cc(F)cc(CN)c2)C(C)(C)C1=O. The van der Waals surface area contributed by atoms with Crippen LogP contribution in [0.3, 0.4) is 0 Å². The molecule has 20 heavy (non-hydrogen) atoms. The molecule has 0 atom stereocenters. The van der Waals surface area contributed by atoms with E-state index in [1.165, 1.54) is 12.1 Å². The molecule has 4 nitrogen and oxygen atoms in total. The zero-order valence-corrected chi connectivity index (χ0v) is 12.3. The first-order valence-electron chi connectivity index (χ1n) is 6.83. The summed E-state index contributed by atoms with van der Waals surface area (Å²) in [5.41, 5.74) is 6.64. The highest BCUT2D eigenvalue weighted by atomic mass is 19.1. The van der Waals surface area contributed by atoms with Gasteiger partial charge in [0.25, 0.3) is 0 Å². The van der Waals surface area contributed by atoms with E-state index in [9.17, 15) is 9.18 Å². The van der Waals surface area contributed by atoms with Gasteiger partial charge in [0, 0.05) is 33.2 Å². The summed E-state index contributed by atoms with van der Waals surface area (Å²) in [6.45, 7) is 6.17. The van der Waals surface area contributed by atoms with E-state index in [-0.39, 0.29) is 11.7 Å². The van der Waals surface area contributed by atoms with Gasteiger partial charge in [-0.15, -0.1) is 0 Å².